The minimum atomic E-state index is -0.653. The molecule has 2 aliphatic heterocycles. The molecule has 2 saturated carbocycles. The zero-order chi connectivity index (χ0) is 39.4. The van der Waals surface area contributed by atoms with Gasteiger partial charge in [-0.25, -0.2) is 0 Å². The number of carboxylic acid groups (broad SMARTS) is 1. The molecule has 2 saturated heterocycles. The summed E-state index contributed by atoms with van der Waals surface area (Å²) in [5.74, 6) is -1.65. The fraction of sp³-hybridized carbons (Fsp3) is 0.732. The number of fused-ring (bicyclic) bond motifs is 2. The number of esters is 4. The van der Waals surface area contributed by atoms with E-state index in [0.717, 1.165) is 96.3 Å². The summed E-state index contributed by atoms with van der Waals surface area (Å²) in [6, 6.07) is 0. The van der Waals surface area contributed by atoms with Gasteiger partial charge >= 0.3 is 29.8 Å². The topological polar surface area (TPSA) is 208 Å². The van der Waals surface area contributed by atoms with E-state index in [1.807, 2.05) is 24.3 Å². The maximum Gasteiger partial charge on any atom is 0.309 e. The Balaban J connectivity index is 0.000000187. The van der Waals surface area contributed by atoms with Crippen molar-refractivity contribution in [3.8, 4) is 0 Å². The lowest BCUT2D eigenvalue weighted by atomic mass is 9.89. The van der Waals surface area contributed by atoms with Crippen LogP contribution in [-0.2, 0) is 52.4 Å². The Morgan fingerprint density at radius 1 is 0.455 bits per heavy atom. The molecule has 55 heavy (non-hydrogen) atoms. The second-order valence-electron chi connectivity index (χ2n) is 14.8. The van der Waals surface area contributed by atoms with Crippen LogP contribution in [0.25, 0.3) is 0 Å². The van der Waals surface area contributed by atoms with E-state index in [4.69, 9.17) is 43.7 Å². The average molecular weight is 777 g/mol. The number of aliphatic carboxylic acids is 1. The molecule has 0 aromatic carbocycles. The highest BCUT2D eigenvalue weighted by Crippen LogP contribution is 2.40. The smallest absolute Gasteiger partial charge is 0.309 e. The minimum Gasteiger partial charge on any atom is -0.481 e. The van der Waals surface area contributed by atoms with E-state index in [1.165, 1.54) is 0 Å². The number of epoxide rings is 2. The molecule has 0 aromatic heterocycles. The van der Waals surface area contributed by atoms with Crippen molar-refractivity contribution in [3.63, 3.8) is 0 Å². The molecule has 9 atom stereocenters. The Hall–Kier alpha value is -3.59. The zero-order valence-electron chi connectivity index (χ0n) is 31.8. The largest absolute Gasteiger partial charge is 0.481 e. The molecule has 0 radical (unpaired) electrons. The highest BCUT2D eigenvalue weighted by Gasteiger charge is 2.47. The van der Waals surface area contributed by atoms with Crippen LogP contribution < -0.4 is 0 Å². The van der Waals surface area contributed by atoms with Gasteiger partial charge in [-0.3, -0.25) is 24.0 Å². The lowest BCUT2D eigenvalue weighted by molar-refractivity contribution is -0.158. The summed E-state index contributed by atoms with van der Waals surface area (Å²) in [7, 11) is 0. The van der Waals surface area contributed by atoms with Crippen molar-refractivity contribution in [2.75, 3.05) is 39.6 Å². The van der Waals surface area contributed by atoms with Crippen LogP contribution in [0.4, 0.5) is 0 Å². The number of aliphatic hydroxyl groups is 2. The van der Waals surface area contributed by atoms with Gasteiger partial charge in [0, 0.05) is 0 Å². The van der Waals surface area contributed by atoms with Gasteiger partial charge in [0.1, 0.15) is 26.4 Å². The van der Waals surface area contributed by atoms with Gasteiger partial charge in [0.05, 0.1) is 67.2 Å². The first kappa shape index (κ1) is 44.1. The van der Waals surface area contributed by atoms with E-state index in [2.05, 4.69) is 12.2 Å². The van der Waals surface area contributed by atoms with E-state index in [-0.39, 0.29) is 105 Å². The summed E-state index contributed by atoms with van der Waals surface area (Å²) in [5.41, 5.74) is 0. The summed E-state index contributed by atoms with van der Waals surface area (Å²) < 4.78 is 31.6. The van der Waals surface area contributed by atoms with Crippen molar-refractivity contribution in [2.45, 2.75) is 121 Å². The zero-order valence-corrected chi connectivity index (χ0v) is 31.8. The van der Waals surface area contributed by atoms with Crippen molar-refractivity contribution >= 4 is 29.8 Å². The molecule has 14 heteroatoms. The monoisotopic (exact) mass is 776 g/mol. The fourth-order valence-electron chi connectivity index (χ4n) is 7.31. The third kappa shape index (κ3) is 16.2. The summed E-state index contributed by atoms with van der Waals surface area (Å²) in [6.45, 7) is 0.358. The second-order valence-corrected chi connectivity index (χ2v) is 14.8. The van der Waals surface area contributed by atoms with Crippen molar-refractivity contribution < 1.29 is 67.7 Å². The average Bonchev–Trinajstić information content (AvgIpc) is 4.17. The molecule has 14 nitrogen and oxygen atoms in total. The van der Waals surface area contributed by atoms with Crippen LogP contribution in [0.3, 0.4) is 0 Å². The Morgan fingerprint density at radius 3 is 1.07 bits per heavy atom. The molecular weight excluding hydrogens is 716 g/mol. The normalized spacial score (nSPS) is 30.7. The lowest BCUT2D eigenvalue weighted by Gasteiger charge is -2.19. The third-order valence-corrected chi connectivity index (χ3v) is 10.7. The molecule has 308 valence electrons. The van der Waals surface area contributed by atoms with Crippen LogP contribution in [0, 0.1) is 29.6 Å². The second kappa shape index (κ2) is 24.1. The summed E-state index contributed by atoms with van der Waals surface area (Å²) in [6.07, 6.45) is 26.2. The van der Waals surface area contributed by atoms with Gasteiger partial charge in [0.2, 0.25) is 0 Å². The Bertz CT molecular complexity index is 1240. The van der Waals surface area contributed by atoms with E-state index in [0.29, 0.717) is 12.2 Å². The molecule has 2 heterocycles. The molecule has 9 unspecified atom stereocenters. The first-order valence-corrected chi connectivity index (χ1v) is 20.1. The van der Waals surface area contributed by atoms with Crippen molar-refractivity contribution in [1.29, 1.82) is 0 Å². The predicted molar refractivity (Wildman–Crippen MR) is 197 cm³/mol. The number of aliphatic hydroxyl groups excluding tert-OH is 2. The molecule has 7 rings (SSSR count). The standard InChI is InChI=1S/C16H22O6.C16H22O4.C7H10O2.C2H6O2/c17-15(9-1-3-11-13(7-9)21-11)19-5-6-20-16(18)10-2-4-12-14(8-10)22-12;17-15(13-7-3-1-4-8-13)19-11-12-20-16(18)14-9-5-2-6-10-14;8-7(9)6-4-2-1-3-5-6;3-1-2-4/h9-14H,1-8H2;1-3,5,13-14H,4,6-12H2;1-2,6H,3-5H2,(H,8,9);3-4H,1-2H2. The van der Waals surface area contributed by atoms with E-state index < -0.39 is 5.97 Å². The summed E-state index contributed by atoms with van der Waals surface area (Å²) in [4.78, 5) is 57.6. The molecule has 7 aliphatic rings. The van der Waals surface area contributed by atoms with Crippen LogP contribution in [0.15, 0.2) is 36.5 Å². The van der Waals surface area contributed by atoms with Crippen molar-refractivity contribution in [2.24, 2.45) is 29.6 Å². The van der Waals surface area contributed by atoms with Crippen LogP contribution in [-0.4, -0.2) is 109 Å². The van der Waals surface area contributed by atoms with Gasteiger partial charge in [0.25, 0.3) is 0 Å². The molecule has 3 N–H and O–H groups in total. The minimum absolute atomic E-state index is 0.0285. The fourth-order valence-corrected chi connectivity index (χ4v) is 7.31. The Morgan fingerprint density at radius 2 is 0.800 bits per heavy atom. The molecule has 0 aromatic rings. The summed E-state index contributed by atoms with van der Waals surface area (Å²) in [5, 5.41) is 23.8. The first-order chi connectivity index (χ1) is 26.7. The molecule has 0 amide bonds. The maximum absolute atomic E-state index is 11.9. The number of carbonyl (C=O) groups is 5. The van der Waals surface area contributed by atoms with Gasteiger partial charge in [-0.2, -0.15) is 0 Å². The van der Waals surface area contributed by atoms with Crippen LogP contribution in [0.5, 0.6) is 0 Å². The molecular formula is C41H60O14. The molecule has 5 aliphatic carbocycles. The van der Waals surface area contributed by atoms with Crippen LogP contribution in [0.2, 0.25) is 0 Å². The van der Waals surface area contributed by atoms with Gasteiger partial charge in [-0.15, -0.1) is 0 Å². The quantitative estimate of drug-likeness (QED) is 0.0826. The molecule has 4 fully saturated rings. The third-order valence-electron chi connectivity index (χ3n) is 10.7. The van der Waals surface area contributed by atoms with E-state index in [9.17, 15) is 24.0 Å². The van der Waals surface area contributed by atoms with Gasteiger partial charge in [-0.1, -0.05) is 36.5 Å². The molecule has 0 bridgehead atoms. The lowest BCUT2D eigenvalue weighted by Crippen LogP contribution is -2.27. The number of rotatable bonds is 12. The number of hydrogen-bond donors (Lipinski definition) is 3. The van der Waals surface area contributed by atoms with Gasteiger partial charge in [-0.05, 0) is 96.3 Å². The van der Waals surface area contributed by atoms with Gasteiger partial charge in [0.15, 0.2) is 0 Å². The Labute approximate surface area is 323 Å². The maximum atomic E-state index is 11.9. The number of ether oxygens (including phenoxy) is 6. The number of carboxylic acids is 1. The summed E-state index contributed by atoms with van der Waals surface area (Å²) >= 11 is 0. The van der Waals surface area contributed by atoms with Crippen LogP contribution in [0.1, 0.15) is 96.3 Å². The molecule has 0 spiro atoms. The van der Waals surface area contributed by atoms with E-state index >= 15 is 0 Å². The predicted octanol–water partition coefficient (Wildman–Crippen LogP) is 4.39. The first-order valence-electron chi connectivity index (χ1n) is 20.1. The van der Waals surface area contributed by atoms with Crippen molar-refractivity contribution in [3.05, 3.63) is 36.5 Å². The van der Waals surface area contributed by atoms with E-state index in [1.54, 1.807) is 0 Å². The number of allylic oxidation sites excluding steroid dienone is 6. The SMILES string of the molecule is O=C(O)C1CC=CCC1.O=C(OCCOC(=O)C1CC=CCC1)C1CC=CCC1.O=C(OCCOC(=O)C1CCC2OC2C1)C1CCC2OC2C1.OCCO. The highest BCUT2D eigenvalue weighted by molar-refractivity contribution is 5.74. The van der Waals surface area contributed by atoms with Crippen molar-refractivity contribution in [1.82, 2.24) is 0 Å². The number of carbonyl (C=O) groups excluding carboxylic acids is 4. The number of hydrogen-bond acceptors (Lipinski definition) is 13. The van der Waals surface area contributed by atoms with Crippen LogP contribution >= 0.6 is 0 Å². The highest BCUT2D eigenvalue weighted by atomic mass is 16.6. The van der Waals surface area contributed by atoms with Gasteiger partial charge < -0.3 is 43.7 Å². The Kier molecular flexibility index (Phi) is 19.4.